The first-order chi connectivity index (χ1) is 14.0. The van der Waals surface area contributed by atoms with E-state index in [2.05, 4.69) is 20.9 Å². The van der Waals surface area contributed by atoms with Crippen LogP contribution in [-0.2, 0) is 6.54 Å². The van der Waals surface area contributed by atoms with Crippen LogP contribution in [0.15, 0.2) is 66.9 Å². The lowest BCUT2D eigenvalue weighted by Crippen LogP contribution is -2.28. The lowest BCUT2D eigenvalue weighted by molar-refractivity contribution is 0.0958. The Morgan fingerprint density at radius 1 is 1.03 bits per heavy atom. The van der Waals surface area contributed by atoms with Gasteiger partial charge in [-0.25, -0.2) is 9.18 Å². The van der Waals surface area contributed by atoms with E-state index in [0.717, 1.165) is 5.56 Å². The lowest BCUT2D eigenvalue weighted by atomic mass is 10.2. The fraction of sp³-hybridized carbons (Fsp3) is 0.0952. The Morgan fingerprint density at radius 2 is 1.83 bits per heavy atom. The van der Waals surface area contributed by atoms with Gasteiger partial charge in [0.25, 0.3) is 5.91 Å². The molecule has 0 aliphatic heterocycles. The summed E-state index contributed by atoms with van der Waals surface area (Å²) in [5.74, 6) is 0.342. The molecule has 148 valence electrons. The maximum absolute atomic E-state index is 13.1. The van der Waals surface area contributed by atoms with Gasteiger partial charge in [0.2, 0.25) is 0 Å². The number of aromatic nitrogens is 1. The highest BCUT2D eigenvalue weighted by molar-refractivity contribution is 5.92. The molecule has 0 fully saturated rings. The number of halogens is 1. The van der Waals surface area contributed by atoms with E-state index in [1.54, 1.807) is 42.5 Å². The van der Waals surface area contributed by atoms with Crippen molar-refractivity contribution in [2.75, 3.05) is 12.4 Å². The molecule has 2 aromatic carbocycles. The number of urea groups is 1. The Balaban J connectivity index is 1.53. The average Bonchev–Trinajstić information content (AvgIpc) is 2.73. The van der Waals surface area contributed by atoms with Crippen LogP contribution < -0.4 is 20.7 Å². The minimum absolute atomic E-state index is 0.259. The number of carbonyl (C=O) groups is 2. The molecule has 3 aromatic rings. The Morgan fingerprint density at radius 3 is 2.55 bits per heavy atom. The zero-order chi connectivity index (χ0) is 20.6. The van der Waals surface area contributed by atoms with Crippen molar-refractivity contribution in [1.82, 2.24) is 15.6 Å². The molecule has 3 amide bonds. The van der Waals surface area contributed by atoms with E-state index in [-0.39, 0.29) is 18.1 Å². The summed E-state index contributed by atoms with van der Waals surface area (Å²) in [6.45, 7) is 0.289. The van der Waals surface area contributed by atoms with Gasteiger partial charge in [-0.15, -0.1) is 0 Å². The zero-order valence-electron chi connectivity index (χ0n) is 15.6. The number of nitrogens with one attached hydrogen (secondary N) is 3. The van der Waals surface area contributed by atoms with E-state index in [9.17, 15) is 14.0 Å². The number of benzene rings is 2. The van der Waals surface area contributed by atoms with Crippen molar-refractivity contribution in [3.63, 3.8) is 0 Å². The number of ether oxygens (including phenoxy) is 1. The zero-order valence-corrected chi connectivity index (χ0v) is 15.6. The highest BCUT2D eigenvalue weighted by Gasteiger charge is 2.07. The maximum atomic E-state index is 13.1. The Kier molecular flexibility index (Phi) is 6.36. The number of rotatable bonds is 6. The summed E-state index contributed by atoms with van der Waals surface area (Å²) in [7, 11) is 1.53. The highest BCUT2D eigenvalue weighted by Crippen LogP contribution is 2.22. The van der Waals surface area contributed by atoms with Crippen LogP contribution in [0, 0.1) is 5.82 Å². The van der Waals surface area contributed by atoms with Crippen LogP contribution in [0.5, 0.6) is 11.5 Å². The lowest BCUT2D eigenvalue weighted by Gasteiger charge is -2.09. The minimum atomic E-state index is -0.436. The number of hydrogen-bond acceptors (Lipinski definition) is 4. The second-order valence-corrected chi connectivity index (χ2v) is 6.02. The molecule has 0 spiro atoms. The highest BCUT2D eigenvalue weighted by atomic mass is 19.1. The van der Waals surface area contributed by atoms with E-state index in [1.807, 2.05) is 0 Å². The first kappa shape index (κ1) is 19.8. The van der Waals surface area contributed by atoms with Crippen molar-refractivity contribution in [1.29, 1.82) is 0 Å². The van der Waals surface area contributed by atoms with Crippen molar-refractivity contribution in [3.05, 3.63) is 83.9 Å². The van der Waals surface area contributed by atoms with Gasteiger partial charge in [0.05, 0.1) is 0 Å². The molecule has 0 atom stereocenters. The van der Waals surface area contributed by atoms with Gasteiger partial charge >= 0.3 is 6.03 Å². The van der Waals surface area contributed by atoms with E-state index in [0.29, 0.717) is 17.2 Å². The molecule has 0 aliphatic rings. The second-order valence-electron chi connectivity index (χ2n) is 6.02. The van der Waals surface area contributed by atoms with E-state index in [4.69, 9.17) is 4.74 Å². The number of anilines is 1. The van der Waals surface area contributed by atoms with Gasteiger partial charge in [-0.3, -0.25) is 9.78 Å². The molecule has 3 N–H and O–H groups in total. The molecule has 0 saturated heterocycles. The predicted octanol–water partition coefficient (Wildman–Crippen LogP) is 3.69. The number of hydrogen-bond donors (Lipinski definition) is 3. The van der Waals surface area contributed by atoms with Crippen molar-refractivity contribution in [3.8, 4) is 11.5 Å². The normalized spacial score (nSPS) is 10.1. The van der Waals surface area contributed by atoms with E-state index >= 15 is 0 Å². The van der Waals surface area contributed by atoms with Crippen LogP contribution >= 0.6 is 0 Å². The predicted molar refractivity (Wildman–Crippen MR) is 106 cm³/mol. The quantitative estimate of drug-likeness (QED) is 0.595. The third-order valence-corrected chi connectivity index (χ3v) is 3.89. The first-order valence-corrected chi connectivity index (χ1v) is 8.79. The topological polar surface area (TPSA) is 92.4 Å². The number of carbonyl (C=O) groups excluding carboxylic acids is 2. The van der Waals surface area contributed by atoms with Crippen LogP contribution in [0.3, 0.4) is 0 Å². The number of nitrogens with zero attached hydrogens (tertiary/aromatic N) is 1. The van der Waals surface area contributed by atoms with E-state index < -0.39 is 11.8 Å². The molecule has 0 radical (unpaired) electrons. The van der Waals surface area contributed by atoms with Gasteiger partial charge in [0.15, 0.2) is 0 Å². The smallest absolute Gasteiger partial charge is 0.319 e. The molecule has 0 bridgehead atoms. The minimum Gasteiger partial charge on any atom is -0.457 e. The van der Waals surface area contributed by atoms with Crippen LogP contribution in [0.25, 0.3) is 0 Å². The SMILES string of the molecule is CNC(=O)c1cc(Oc2ccc(CNC(=O)Nc3cccc(F)c3)cc2)ccn1. The maximum Gasteiger partial charge on any atom is 0.319 e. The molecular formula is C21H19FN4O3. The van der Waals surface area contributed by atoms with Crippen molar-refractivity contribution >= 4 is 17.6 Å². The van der Waals surface area contributed by atoms with Gasteiger partial charge in [0.1, 0.15) is 23.0 Å². The summed E-state index contributed by atoms with van der Waals surface area (Å²) in [6.07, 6.45) is 1.50. The molecule has 0 aliphatic carbocycles. The van der Waals surface area contributed by atoms with Crippen LogP contribution in [0.2, 0.25) is 0 Å². The molecule has 29 heavy (non-hydrogen) atoms. The summed E-state index contributed by atoms with van der Waals surface area (Å²) < 4.78 is 18.9. The summed E-state index contributed by atoms with van der Waals surface area (Å²) >= 11 is 0. The van der Waals surface area contributed by atoms with Crippen LogP contribution in [0.1, 0.15) is 16.1 Å². The van der Waals surface area contributed by atoms with Gasteiger partial charge in [-0.2, -0.15) is 0 Å². The summed E-state index contributed by atoms with van der Waals surface area (Å²) in [5, 5.41) is 7.77. The molecule has 1 heterocycles. The summed E-state index contributed by atoms with van der Waals surface area (Å²) in [6, 6.07) is 15.5. The Bertz CT molecular complexity index is 1010. The first-order valence-electron chi connectivity index (χ1n) is 8.79. The monoisotopic (exact) mass is 394 g/mol. The molecule has 1 aromatic heterocycles. The van der Waals surface area contributed by atoms with Crippen molar-refractivity contribution < 1.29 is 18.7 Å². The fourth-order valence-electron chi connectivity index (χ4n) is 2.46. The fourth-order valence-corrected chi connectivity index (χ4v) is 2.46. The third-order valence-electron chi connectivity index (χ3n) is 3.89. The van der Waals surface area contributed by atoms with Crippen molar-refractivity contribution in [2.24, 2.45) is 0 Å². The summed E-state index contributed by atoms with van der Waals surface area (Å²) in [4.78, 5) is 27.5. The van der Waals surface area contributed by atoms with Crippen LogP contribution in [0.4, 0.5) is 14.9 Å². The second kappa shape index (κ2) is 9.32. The average molecular weight is 394 g/mol. The molecular weight excluding hydrogens is 375 g/mol. The molecule has 8 heteroatoms. The van der Waals surface area contributed by atoms with Gasteiger partial charge < -0.3 is 20.7 Å². The van der Waals surface area contributed by atoms with Gasteiger partial charge in [-0.05, 0) is 42.0 Å². The Labute approximate surface area is 166 Å². The number of pyridine rings is 1. The van der Waals surface area contributed by atoms with Gasteiger partial charge in [-0.1, -0.05) is 18.2 Å². The standard InChI is InChI=1S/C21H19FN4O3/c1-23-20(27)19-12-18(9-10-24-19)29-17-7-5-14(6-8-17)13-25-21(28)26-16-4-2-3-15(22)11-16/h2-12H,13H2,1H3,(H,23,27)(H2,25,26,28). The summed E-state index contributed by atoms with van der Waals surface area (Å²) in [5.41, 5.74) is 1.49. The molecule has 0 unspecified atom stereocenters. The molecule has 7 nitrogen and oxygen atoms in total. The molecule has 0 saturated carbocycles. The third kappa shape index (κ3) is 5.77. The van der Waals surface area contributed by atoms with E-state index in [1.165, 1.54) is 31.4 Å². The molecule has 3 rings (SSSR count). The Hall–Kier alpha value is -3.94. The van der Waals surface area contributed by atoms with Crippen LogP contribution in [-0.4, -0.2) is 24.0 Å². The largest absolute Gasteiger partial charge is 0.457 e. The number of amides is 3. The van der Waals surface area contributed by atoms with Gasteiger partial charge in [0, 0.05) is 31.5 Å². The van der Waals surface area contributed by atoms with Crippen molar-refractivity contribution in [2.45, 2.75) is 6.54 Å².